The van der Waals surface area contributed by atoms with Crippen molar-refractivity contribution in [3.05, 3.63) is 30.2 Å². The molecule has 1 aromatic heterocycles. The zero-order valence-corrected chi connectivity index (χ0v) is 16.7. The van der Waals surface area contributed by atoms with Gasteiger partial charge in [0.15, 0.2) is 11.5 Å². The van der Waals surface area contributed by atoms with Crippen molar-refractivity contribution in [1.29, 1.82) is 0 Å². The van der Waals surface area contributed by atoms with Crippen molar-refractivity contribution in [2.75, 3.05) is 13.1 Å². The van der Waals surface area contributed by atoms with Gasteiger partial charge in [0.05, 0.1) is 4.83 Å². The van der Waals surface area contributed by atoms with Crippen molar-refractivity contribution in [3.8, 4) is 0 Å². The van der Waals surface area contributed by atoms with Gasteiger partial charge in [0.2, 0.25) is 5.91 Å². The number of piperidine rings is 1. The van der Waals surface area contributed by atoms with E-state index in [2.05, 4.69) is 45.6 Å². The Morgan fingerprint density at radius 1 is 1.27 bits per heavy atom. The lowest BCUT2D eigenvalue weighted by atomic mass is 9.95. The summed E-state index contributed by atoms with van der Waals surface area (Å²) in [4.78, 5) is 19.6. The molecule has 6 nitrogen and oxygen atoms in total. The van der Waals surface area contributed by atoms with Crippen LogP contribution < -0.4 is 10.9 Å². The predicted octanol–water partition coefficient (Wildman–Crippen LogP) is 2.80. The molecule has 2 aromatic rings. The molecule has 7 heteroatoms. The van der Waals surface area contributed by atoms with Gasteiger partial charge in [0, 0.05) is 25.0 Å². The third kappa shape index (κ3) is 3.28. The van der Waals surface area contributed by atoms with E-state index >= 15 is 0 Å². The number of oxazole rings is 1. The summed E-state index contributed by atoms with van der Waals surface area (Å²) in [5.41, 5.74) is 8.18. The quantitative estimate of drug-likeness (QED) is 0.746. The lowest BCUT2D eigenvalue weighted by Crippen LogP contribution is -2.50. The summed E-state index contributed by atoms with van der Waals surface area (Å²) in [5.74, 6) is 1.70. The summed E-state index contributed by atoms with van der Waals surface area (Å²) in [6.45, 7) is 5.80. The van der Waals surface area contributed by atoms with Gasteiger partial charge in [-0.2, -0.15) is 0 Å². The van der Waals surface area contributed by atoms with Gasteiger partial charge in [0.1, 0.15) is 11.6 Å². The second-order valence-corrected chi connectivity index (χ2v) is 8.66. The molecule has 0 spiro atoms. The number of hydrogen-bond acceptors (Lipinski definition) is 5. The zero-order chi connectivity index (χ0) is 18.3. The molecule has 2 aliphatic heterocycles. The van der Waals surface area contributed by atoms with Crippen molar-refractivity contribution in [3.63, 3.8) is 0 Å². The number of rotatable bonds is 3. The van der Waals surface area contributed by atoms with Crippen molar-refractivity contribution < 1.29 is 9.21 Å². The van der Waals surface area contributed by atoms with Crippen molar-refractivity contribution in [2.45, 2.75) is 49.5 Å². The van der Waals surface area contributed by atoms with E-state index < -0.39 is 0 Å². The summed E-state index contributed by atoms with van der Waals surface area (Å²) in [6, 6.07) is 7.89. The highest BCUT2D eigenvalue weighted by molar-refractivity contribution is 9.09. The smallest absolute Gasteiger partial charge is 0.242 e. The van der Waals surface area contributed by atoms with Gasteiger partial charge in [-0.3, -0.25) is 10.2 Å². The SMILES string of the molecule is CC(C)C1NNC(C(=O)N2CCC(c3nc4ccccc4o3)CC2)C1Br. The molecule has 4 rings (SSSR count). The van der Waals surface area contributed by atoms with E-state index in [0.717, 1.165) is 42.9 Å². The Kier molecular flexibility index (Phi) is 5.03. The maximum atomic E-state index is 12.9. The maximum absolute atomic E-state index is 12.9. The fourth-order valence-electron chi connectivity index (χ4n) is 3.89. The fraction of sp³-hybridized carbons (Fsp3) is 0.579. The Labute approximate surface area is 161 Å². The second-order valence-electron chi connectivity index (χ2n) is 7.60. The number of fused-ring (bicyclic) bond motifs is 1. The molecule has 0 saturated carbocycles. The molecular weight excluding hydrogens is 396 g/mol. The number of halogens is 1. The molecule has 26 heavy (non-hydrogen) atoms. The Bertz CT molecular complexity index is 752. The van der Waals surface area contributed by atoms with E-state index in [1.165, 1.54) is 0 Å². The van der Waals surface area contributed by atoms with Crippen LogP contribution >= 0.6 is 15.9 Å². The Morgan fingerprint density at radius 3 is 2.65 bits per heavy atom. The van der Waals surface area contributed by atoms with E-state index in [-0.39, 0.29) is 28.7 Å². The molecule has 1 amide bonds. The number of nitrogens with one attached hydrogen (secondary N) is 2. The summed E-state index contributed by atoms with van der Waals surface area (Å²) in [5, 5.41) is 0. The summed E-state index contributed by atoms with van der Waals surface area (Å²) in [6.07, 6.45) is 1.78. The number of aromatic nitrogens is 1. The zero-order valence-electron chi connectivity index (χ0n) is 15.1. The summed E-state index contributed by atoms with van der Waals surface area (Å²) >= 11 is 3.71. The second kappa shape index (κ2) is 7.29. The monoisotopic (exact) mass is 420 g/mol. The fourth-order valence-corrected chi connectivity index (χ4v) is 4.99. The highest BCUT2D eigenvalue weighted by atomic mass is 79.9. The lowest BCUT2D eigenvalue weighted by molar-refractivity contribution is -0.134. The van der Waals surface area contributed by atoms with E-state index in [9.17, 15) is 4.79 Å². The molecule has 3 heterocycles. The van der Waals surface area contributed by atoms with E-state index in [1.54, 1.807) is 0 Å². The van der Waals surface area contributed by atoms with Gasteiger partial charge < -0.3 is 9.32 Å². The largest absolute Gasteiger partial charge is 0.440 e. The highest BCUT2D eigenvalue weighted by Crippen LogP contribution is 2.31. The van der Waals surface area contributed by atoms with Crippen LogP contribution in [0.4, 0.5) is 0 Å². The minimum Gasteiger partial charge on any atom is -0.440 e. The maximum Gasteiger partial charge on any atom is 0.242 e. The molecule has 0 aliphatic carbocycles. The van der Waals surface area contributed by atoms with E-state index in [4.69, 9.17) is 4.42 Å². The first-order valence-electron chi connectivity index (χ1n) is 9.34. The molecule has 3 atom stereocenters. The topological polar surface area (TPSA) is 70.4 Å². The number of nitrogens with zero attached hydrogens (tertiary/aromatic N) is 2. The average Bonchev–Trinajstić information content (AvgIpc) is 3.24. The Hall–Kier alpha value is -1.44. The third-order valence-corrected chi connectivity index (χ3v) is 6.62. The van der Waals surface area contributed by atoms with E-state index in [1.807, 2.05) is 29.2 Å². The Balaban J connectivity index is 1.38. The van der Waals surface area contributed by atoms with Gasteiger partial charge in [-0.1, -0.05) is 41.9 Å². The van der Waals surface area contributed by atoms with Crippen LogP contribution in [0.25, 0.3) is 11.1 Å². The average molecular weight is 421 g/mol. The molecule has 2 fully saturated rings. The van der Waals surface area contributed by atoms with Crippen LogP contribution in [-0.2, 0) is 4.79 Å². The predicted molar refractivity (Wildman–Crippen MR) is 104 cm³/mol. The minimum atomic E-state index is -0.219. The van der Waals surface area contributed by atoms with Crippen molar-refractivity contribution in [1.82, 2.24) is 20.7 Å². The number of carbonyl (C=O) groups is 1. The molecular formula is C19H25BrN4O2. The lowest BCUT2D eigenvalue weighted by Gasteiger charge is -2.33. The van der Waals surface area contributed by atoms with Gasteiger partial charge in [-0.25, -0.2) is 10.4 Å². The van der Waals surface area contributed by atoms with Gasteiger partial charge in [0.25, 0.3) is 0 Å². The van der Waals surface area contributed by atoms with Gasteiger partial charge >= 0.3 is 0 Å². The van der Waals surface area contributed by atoms with Crippen LogP contribution in [0.15, 0.2) is 28.7 Å². The number of amides is 1. The molecule has 2 saturated heterocycles. The minimum absolute atomic E-state index is 0.102. The number of likely N-dealkylation sites (tertiary alicyclic amines) is 1. The van der Waals surface area contributed by atoms with Crippen molar-refractivity contribution >= 4 is 32.9 Å². The molecule has 1 aromatic carbocycles. The normalized spacial score (nSPS) is 27.5. The number of hydrazine groups is 1. The third-order valence-electron chi connectivity index (χ3n) is 5.52. The number of para-hydroxylation sites is 2. The van der Waals surface area contributed by atoms with Crippen LogP contribution in [0.5, 0.6) is 0 Å². The summed E-state index contributed by atoms with van der Waals surface area (Å²) in [7, 11) is 0. The molecule has 2 aliphatic rings. The number of benzene rings is 1. The molecule has 2 N–H and O–H groups in total. The molecule has 0 bridgehead atoms. The molecule has 0 radical (unpaired) electrons. The van der Waals surface area contributed by atoms with Crippen molar-refractivity contribution in [2.24, 2.45) is 5.92 Å². The number of alkyl halides is 1. The van der Waals surface area contributed by atoms with E-state index in [0.29, 0.717) is 5.92 Å². The molecule has 140 valence electrons. The molecule has 3 unspecified atom stereocenters. The van der Waals surface area contributed by atoms with Crippen LogP contribution in [0.3, 0.4) is 0 Å². The number of carbonyl (C=O) groups excluding carboxylic acids is 1. The Morgan fingerprint density at radius 2 is 2.00 bits per heavy atom. The van der Waals surface area contributed by atoms with Crippen LogP contribution in [0, 0.1) is 5.92 Å². The van der Waals surface area contributed by atoms with Gasteiger partial charge in [-0.05, 0) is 30.9 Å². The first kappa shape index (κ1) is 17.9. The summed E-state index contributed by atoms with van der Waals surface area (Å²) < 4.78 is 5.92. The number of hydrogen-bond donors (Lipinski definition) is 2. The van der Waals surface area contributed by atoms with Crippen LogP contribution in [0.1, 0.15) is 38.5 Å². The first-order valence-corrected chi connectivity index (χ1v) is 10.3. The highest BCUT2D eigenvalue weighted by Gasteiger charge is 2.42. The van der Waals surface area contributed by atoms with Crippen LogP contribution in [-0.4, -0.2) is 45.8 Å². The standard InChI is InChI=1S/C19H25BrN4O2/c1-11(2)16-15(20)17(23-22-16)19(25)24-9-7-12(8-10-24)18-21-13-5-3-4-6-14(13)26-18/h3-6,11-12,15-17,22-23H,7-10H2,1-2H3. The van der Waals surface area contributed by atoms with Gasteiger partial charge in [-0.15, -0.1) is 0 Å². The first-order chi connectivity index (χ1) is 12.5. The van der Waals surface area contributed by atoms with Crippen LogP contribution in [0.2, 0.25) is 0 Å².